The van der Waals surface area contributed by atoms with Crippen molar-refractivity contribution in [1.29, 1.82) is 0 Å². The van der Waals surface area contributed by atoms with Gasteiger partial charge in [0, 0.05) is 19.6 Å². The van der Waals surface area contributed by atoms with Gasteiger partial charge in [-0.25, -0.2) is 0 Å². The number of rotatable bonds is 4. The number of nitrogens with zero attached hydrogens (tertiary/aromatic N) is 1. The van der Waals surface area contributed by atoms with E-state index in [-0.39, 0.29) is 6.16 Å². The van der Waals surface area contributed by atoms with Crippen LogP contribution in [-0.2, 0) is 9.36 Å². The van der Waals surface area contributed by atoms with Crippen LogP contribution in [0.15, 0.2) is 12.3 Å². The summed E-state index contributed by atoms with van der Waals surface area (Å²) in [6.07, 6.45) is 2.58. The highest BCUT2D eigenvalue weighted by atomic mass is 31.2. The van der Waals surface area contributed by atoms with Gasteiger partial charge in [0.05, 0.1) is 6.16 Å². The fraction of sp³-hybridized carbons (Fsp3) is 0.625. The minimum Gasteiger partial charge on any atom is -0.480 e. The van der Waals surface area contributed by atoms with Crippen molar-refractivity contribution in [2.24, 2.45) is 0 Å². The second-order valence-corrected chi connectivity index (χ2v) is 5.27. The van der Waals surface area contributed by atoms with Crippen LogP contribution in [-0.4, -0.2) is 57.6 Å². The van der Waals surface area contributed by atoms with Gasteiger partial charge in [-0.2, -0.15) is 0 Å². The Bertz CT molecular complexity index is 326. The number of allylic oxidation sites excluding steroid dienone is 1. The van der Waals surface area contributed by atoms with Gasteiger partial charge >= 0.3 is 13.6 Å². The van der Waals surface area contributed by atoms with Crippen LogP contribution in [0.2, 0.25) is 0 Å². The van der Waals surface area contributed by atoms with Crippen molar-refractivity contribution >= 4 is 13.6 Å². The molecule has 1 atom stereocenters. The number of nitrogens with one attached hydrogen (secondary N) is 1. The van der Waals surface area contributed by atoms with Gasteiger partial charge in [0.15, 0.2) is 0 Å². The molecule has 1 saturated heterocycles. The number of hydrogen-bond acceptors (Lipinski definition) is 4. The molecule has 0 radical (unpaired) electrons. The Morgan fingerprint density at radius 1 is 1.56 bits per heavy atom. The lowest BCUT2D eigenvalue weighted by Crippen LogP contribution is -2.52. The lowest BCUT2D eigenvalue weighted by Gasteiger charge is -2.30. The van der Waals surface area contributed by atoms with Gasteiger partial charge in [-0.3, -0.25) is 9.36 Å². The fourth-order valence-electron chi connectivity index (χ4n) is 1.41. The maximum absolute atomic E-state index is 10.7. The largest absolute Gasteiger partial charge is 0.480 e. The van der Waals surface area contributed by atoms with Crippen molar-refractivity contribution in [1.82, 2.24) is 10.2 Å². The standard InChI is InChI=1S/C8H15N2O5P/c11-8(12)7-6-10(4-2-9-7)3-1-5-16(13,14)15/h1,3,7,9H,2,4-6H2,(H,11,12)(H2,13,14,15)/b3-1+/t7-/m1/s1. The molecule has 1 aliphatic heterocycles. The molecule has 4 N–H and O–H groups in total. The monoisotopic (exact) mass is 250 g/mol. The van der Waals surface area contributed by atoms with Gasteiger partial charge in [0.25, 0.3) is 0 Å². The van der Waals surface area contributed by atoms with E-state index in [0.717, 1.165) is 0 Å². The van der Waals surface area contributed by atoms with E-state index < -0.39 is 19.6 Å². The predicted molar refractivity (Wildman–Crippen MR) is 57.1 cm³/mol. The molecule has 1 fully saturated rings. The lowest BCUT2D eigenvalue weighted by atomic mass is 10.2. The molecule has 0 saturated carbocycles. The van der Waals surface area contributed by atoms with Gasteiger partial charge in [0.2, 0.25) is 0 Å². The molecule has 0 unspecified atom stereocenters. The SMILES string of the molecule is O=C(O)[C@H]1CN(/C=C/CP(=O)(O)O)CCN1. The van der Waals surface area contributed by atoms with Gasteiger partial charge in [-0.1, -0.05) is 6.08 Å². The summed E-state index contributed by atoms with van der Waals surface area (Å²) < 4.78 is 10.6. The third-order valence-electron chi connectivity index (χ3n) is 2.16. The Kier molecular flexibility index (Phi) is 4.49. The summed E-state index contributed by atoms with van der Waals surface area (Å²) in [6, 6.07) is -0.631. The summed E-state index contributed by atoms with van der Waals surface area (Å²) in [4.78, 5) is 29.7. The van der Waals surface area contributed by atoms with Crippen molar-refractivity contribution in [3.8, 4) is 0 Å². The van der Waals surface area contributed by atoms with Gasteiger partial charge < -0.3 is 25.1 Å². The topological polar surface area (TPSA) is 110 Å². The van der Waals surface area contributed by atoms with E-state index in [4.69, 9.17) is 14.9 Å². The average Bonchev–Trinajstić information content (AvgIpc) is 2.16. The van der Waals surface area contributed by atoms with Crippen molar-refractivity contribution < 1.29 is 24.3 Å². The molecule has 0 aromatic carbocycles. The normalized spacial score (nSPS) is 22.6. The van der Waals surface area contributed by atoms with Crippen molar-refractivity contribution in [2.45, 2.75) is 6.04 Å². The molecule has 1 rings (SSSR count). The summed E-state index contributed by atoms with van der Waals surface area (Å²) in [7, 11) is -4.01. The minimum absolute atomic E-state index is 0.299. The first-order valence-electron chi connectivity index (χ1n) is 4.80. The molecule has 0 spiro atoms. The molecule has 0 aliphatic carbocycles. The number of carboxylic acids is 1. The molecule has 0 amide bonds. The molecule has 8 heteroatoms. The summed E-state index contributed by atoms with van der Waals surface area (Å²) in [6.45, 7) is 1.46. The first kappa shape index (κ1) is 13.2. The van der Waals surface area contributed by atoms with E-state index in [9.17, 15) is 9.36 Å². The first-order chi connectivity index (χ1) is 7.38. The van der Waals surface area contributed by atoms with E-state index in [1.807, 2.05) is 0 Å². The van der Waals surface area contributed by atoms with Crippen LogP contribution < -0.4 is 5.32 Å². The highest BCUT2D eigenvalue weighted by Crippen LogP contribution is 2.33. The number of carboxylic acid groups (broad SMARTS) is 1. The van der Waals surface area contributed by atoms with Gasteiger partial charge in [-0.15, -0.1) is 0 Å². The molecular formula is C8H15N2O5P. The molecule has 16 heavy (non-hydrogen) atoms. The van der Waals surface area contributed by atoms with Gasteiger partial charge in [-0.05, 0) is 6.20 Å². The zero-order chi connectivity index (χ0) is 12.2. The molecule has 0 aromatic heterocycles. The van der Waals surface area contributed by atoms with Crippen LogP contribution in [0.4, 0.5) is 0 Å². The quantitative estimate of drug-likeness (QED) is 0.475. The Morgan fingerprint density at radius 2 is 2.25 bits per heavy atom. The Balaban J connectivity index is 2.43. The number of piperazine rings is 1. The lowest BCUT2D eigenvalue weighted by molar-refractivity contribution is -0.140. The minimum atomic E-state index is -4.01. The van der Waals surface area contributed by atoms with Crippen LogP contribution in [0.25, 0.3) is 0 Å². The van der Waals surface area contributed by atoms with Crippen LogP contribution in [0, 0.1) is 0 Å². The molecule has 1 aliphatic rings. The van der Waals surface area contributed by atoms with Crippen molar-refractivity contribution in [3.05, 3.63) is 12.3 Å². The van der Waals surface area contributed by atoms with Crippen molar-refractivity contribution in [2.75, 3.05) is 25.8 Å². The molecule has 92 valence electrons. The Labute approximate surface area is 92.9 Å². The second kappa shape index (κ2) is 5.45. The van der Waals surface area contributed by atoms with Crippen LogP contribution in [0.5, 0.6) is 0 Å². The third-order valence-corrected chi connectivity index (χ3v) is 2.85. The average molecular weight is 250 g/mol. The Hall–Kier alpha value is -0.880. The third kappa shape index (κ3) is 4.76. The first-order valence-corrected chi connectivity index (χ1v) is 6.60. The molecular weight excluding hydrogens is 235 g/mol. The van der Waals surface area contributed by atoms with E-state index in [0.29, 0.717) is 19.6 Å². The molecule has 0 aromatic rings. The molecule has 7 nitrogen and oxygen atoms in total. The smallest absolute Gasteiger partial charge is 0.329 e. The van der Waals surface area contributed by atoms with Crippen LogP contribution in [0.1, 0.15) is 0 Å². The summed E-state index contributed by atoms with van der Waals surface area (Å²) in [5, 5.41) is 11.6. The van der Waals surface area contributed by atoms with Crippen molar-refractivity contribution in [3.63, 3.8) is 0 Å². The van der Waals surface area contributed by atoms with E-state index >= 15 is 0 Å². The zero-order valence-corrected chi connectivity index (χ0v) is 9.51. The number of hydrogen-bond donors (Lipinski definition) is 4. The predicted octanol–water partition coefficient (Wildman–Crippen LogP) is -0.964. The number of carbonyl (C=O) groups is 1. The van der Waals surface area contributed by atoms with E-state index in [1.54, 1.807) is 4.90 Å². The molecule has 1 heterocycles. The van der Waals surface area contributed by atoms with E-state index in [1.165, 1.54) is 12.3 Å². The maximum Gasteiger partial charge on any atom is 0.329 e. The van der Waals surface area contributed by atoms with Crippen LogP contribution >= 0.6 is 7.60 Å². The molecule has 0 bridgehead atoms. The zero-order valence-electron chi connectivity index (χ0n) is 8.61. The van der Waals surface area contributed by atoms with Crippen LogP contribution in [0.3, 0.4) is 0 Å². The highest BCUT2D eigenvalue weighted by Gasteiger charge is 2.22. The Morgan fingerprint density at radius 3 is 2.81 bits per heavy atom. The van der Waals surface area contributed by atoms with Gasteiger partial charge in [0.1, 0.15) is 6.04 Å². The highest BCUT2D eigenvalue weighted by molar-refractivity contribution is 7.51. The summed E-state index contributed by atoms with van der Waals surface area (Å²) in [5.41, 5.74) is 0. The van der Waals surface area contributed by atoms with E-state index in [2.05, 4.69) is 5.32 Å². The maximum atomic E-state index is 10.7. The summed E-state index contributed by atoms with van der Waals surface area (Å²) >= 11 is 0. The number of aliphatic carboxylic acids is 1. The fourth-order valence-corrected chi connectivity index (χ4v) is 1.78. The second-order valence-electron chi connectivity index (χ2n) is 3.57. The summed E-state index contributed by atoms with van der Waals surface area (Å²) in [5.74, 6) is -0.923.